The number of carbonyl (C=O) groups is 1. The molecule has 0 radical (unpaired) electrons. The number of hydrogen-bond acceptors (Lipinski definition) is 9. The van der Waals surface area contributed by atoms with Gasteiger partial charge < -0.3 is 34.3 Å². The highest BCUT2D eigenvalue weighted by Crippen LogP contribution is 2.73. The van der Waals surface area contributed by atoms with Gasteiger partial charge in [-0.25, -0.2) is 4.79 Å². The molecule has 1 saturated heterocycles. The number of aliphatic hydroxyl groups excluding tert-OH is 2. The third kappa shape index (κ3) is 2.71. The Morgan fingerprint density at radius 3 is 2.60 bits per heavy atom. The van der Waals surface area contributed by atoms with E-state index in [2.05, 4.69) is 0 Å². The Labute approximate surface area is 202 Å². The highest BCUT2D eigenvalue weighted by molar-refractivity contribution is 5.67. The van der Waals surface area contributed by atoms with Crippen molar-refractivity contribution in [3.63, 3.8) is 0 Å². The first-order chi connectivity index (χ1) is 16.4. The van der Waals surface area contributed by atoms with Gasteiger partial charge in [0.1, 0.15) is 29.5 Å². The van der Waals surface area contributed by atoms with Crippen LogP contribution in [-0.4, -0.2) is 68.1 Å². The smallest absolute Gasteiger partial charge is 0.335 e. The van der Waals surface area contributed by atoms with Gasteiger partial charge in [0, 0.05) is 36.2 Å². The van der Waals surface area contributed by atoms with Crippen LogP contribution in [0.4, 0.5) is 0 Å². The summed E-state index contributed by atoms with van der Waals surface area (Å²) in [6, 6.07) is 2.96. The molecule has 4 aliphatic carbocycles. The van der Waals surface area contributed by atoms with Crippen LogP contribution in [0.1, 0.15) is 57.9 Å². The van der Waals surface area contributed by atoms with Gasteiger partial charge in [-0.3, -0.25) is 4.79 Å². The maximum Gasteiger partial charge on any atom is 0.335 e. The van der Waals surface area contributed by atoms with Crippen molar-refractivity contribution in [2.24, 2.45) is 16.7 Å². The first-order valence-electron chi connectivity index (χ1n) is 12.3. The molecule has 9 heteroatoms. The van der Waals surface area contributed by atoms with E-state index in [0.29, 0.717) is 17.6 Å². The predicted octanol–water partition coefficient (Wildman–Crippen LogP) is 0.776. The van der Waals surface area contributed by atoms with E-state index in [-0.39, 0.29) is 25.2 Å². The molecule has 4 N–H and O–H groups in total. The van der Waals surface area contributed by atoms with Crippen molar-refractivity contribution >= 4 is 5.97 Å². The Hall–Kier alpha value is -2.04. The number of fused-ring (bicyclic) bond motifs is 7. The van der Waals surface area contributed by atoms with E-state index >= 15 is 0 Å². The normalized spacial score (nSPS) is 51.9. The second-order valence-electron chi connectivity index (χ2n) is 11.6. The average molecular weight is 489 g/mol. The first-order valence-corrected chi connectivity index (χ1v) is 12.3. The molecule has 11 unspecified atom stereocenters. The van der Waals surface area contributed by atoms with Crippen LogP contribution in [0.15, 0.2) is 39.3 Å². The van der Waals surface area contributed by atoms with E-state index in [9.17, 15) is 30.0 Å². The summed E-state index contributed by atoms with van der Waals surface area (Å²) in [7, 11) is 0. The maximum absolute atomic E-state index is 12.5. The summed E-state index contributed by atoms with van der Waals surface area (Å²) in [5.41, 5.74) is -4.59. The highest BCUT2D eigenvalue weighted by Gasteiger charge is 2.80. The fourth-order valence-electron chi connectivity index (χ4n) is 8.53. The molecule has 35 heavy (non-hydrogen) atoms. The molecule has 6 rings (SSSR count). The van der Waals surface area contributed by atoms with E-state index < -0.39 is 70.1 Å². The minimum absolute atomic E-state index is 0.0574. The number of rotatable bonds is 2. The molecule has 9 nitrogen and oxygen atoms in total. The monoisotopic (exact) mass is 488 g/mol. The van der Waals surface area contributed by atoms with Gasteiger partial charge in [0.05, 0.1) is 18.5 Å². The summed E-state index contributed by atoms with van der Waals surface area (Å²) >= 11 is 0. The molecule has 1 aromatic rings. The summed E-state index contributed by atoms with van der Waals surface area (Å²) in [6.45, 7) is 4.99. The van der Waals surface area contributed by atoms with Crippen molar-refractivity contribution in [1.29, 1.82) is 0 Å². The molecular weight excluding hydrogens is 456 g/mol. The lowest BCUT2D eigenvalue weighted by Gasteiger charge is -2.67. The highest BCUT2D eigenvalue weighted by atomic mass is 16.6. The SMILES string of the molecule is CC(=O)OC1CC2(O)C(CC(O)C3(C)C(c4ccc(=O)oc4)CCC23O)C2(C)C1=CC(O)C1OC12. The summed E-state index contributed by atoms with van der Waals surface area (Å²) in [6.07, 6.45) is 0.281. The molecule has 2 heterocycles. The Kier molecular flexibility index (Phi) is 4.70. The van der Waals surface area contributed by atoms with Gasteiger partial charge in [-0.15, -0.1) is 0 Å². The zero-order valence-corrected chi connectivity index (χ0v) is 20.0. The Morgan fingerprint density at radius 1 is 1.20 bits per heavy atom. The zero-order chi connectivity index (χ0) is 25.1. The van der Waals surface area contributed by atoms with Crippen LogP contribution in [0.3, 0.4) is 0 Å². The van der Waals surface area contributed by atoms with Crippen LogP contribution in [0.2, 0.25) is 0 Å². The molecule has 4 fully saturated rings. The van der Waals surface area contributed by atoms with E-state index in [0.717, 1.165) is 0 Å². The molecule has 0 aromatic carbocycles. The number of aliphatic hydroxyl groups is 4. The van der Waals surface area contributed by atoms with Crippen LogP contribution >= 0.6 is 0 Å². The molecule has 0 amide bonds. The maximum atomic E-state index is 12.5. The van der Waals surface area contributed by atoms with Crippen molar-refractivity contribution in [2.45, 2.75) is 94.1 Å². The van der Waals surface area contributed by atoms with E-state index in [1.807, 2.05) is 6.92 Å². The van der Waals surface area contributed by atoms with E-state index in [1.165, 1.54) is 19.3 Å². The molecule has 190 valence electrons. The fraction of sp³-hybridized carbons (Fsp3) is 0.692. The number of epoxide rings is 1. The number of carbonyl (C=O) groups excluding carboxylic acids is 1. The Morgan fingerprint density at radius 2 is 1.94 bits per heavy atom. The zero-order valence-electron chi connectivity index (χ0n) is 20.0. The topological polar surface area (TPSA) is 150 Å². The van der Waals surface area contributed by atoms with Gasteiger partial charge >= 0.3 is 11.6 Å². The summed E-state index contributed by atoms with van der Waals surface area (Å²) in [4.78, 5) is 23.6. The van der Waals surface area contributed by atoms with Gasteiger partial charge in [0.2, 0.25) is 0 Å². The minimum atomic E-state index is -1.73. The van der Waals surface area contributed by atoms with Crippen LogP contribution in [0.25, 0.3) is 0 Å². The van der Waals surface area contributed by atoms with E-state index in [1.54, 1.807) is 19.1 Å². The molecule has 1 aliphatic heterocycles. The van der Waals surface area contributed by atoms with Crippen LogP contribution in [0.5, 0.6) is 0 Å². The van der Waals surface area contributed by atoms with Crippen molar-refractivity contribution in [3.8, 4) is 0 Å². The summed E-state index contributed by atoms with van der Waals surface area (Å²) in [5.74, 6) is -1.49. The van der Waals surface area contributed by atoms with Crippen LogP contribution < -0.4 is 5.63 Å². The Balaban J connectivity index is 1.50. The second-order valence-corrected chi connectivity index (χ2v) is 11.6. The van der Waals surface area contributed by atoms with Crippen molar-refractivity contribution in [1.82, 2.24) is 0 Å². The standard InChI is InChI=1S/C26H32O9/c1-12(27)34-17-10-25(31)18(23(2)15(17)8-16(28)21-22(23)35-21)9-19(29)24(3)14(6-7-26(24,25)32)13-4-5-20(30)33-11-13/h4-5,8,11,14,16-19,21-22,28-29,31-32H,6-7,9-10H2,1-3H3. The minimum Gasteiger partial charge on any atom is -0.458 e. The largest absolute Gasteiger partial charge is 0.458 e. The summed E-state index contributed by atoms with van der Waals surface area (Å²) < 4.78 is 16.6. The summed E-state index contributed by atoms with van der Waals surface area (Å²) in [5, 5.41) is 47.1. The molecule has 11 atom stereocenters. The molecule has 0 spiro atoms. The lowest BCUT2D eigenvalue weighted by Crippen LogP contribution is -2.77. The van der Waals surface area contributed by atoms with Crippen LogP contribution in [-0.2, 0) is 14.3 Å². The van der Waals surface area contributed by atoms with Gasteiger partial charge in [0.25, 0.3) is 0 Å². The van der Waals surface area contributed by atoms with Crippen molar-refractivity contribution in [2.75, 3.05) is 0 Å². The third-order valence-electron chi connectivity index (χ3n) is 10.3. The number of hydrogen-bond donors (Lipinski definition) is 4. The van der Waals surface area contributed by atoms with Gasteiger partial charge in [-0.2, -0.15) is 0 Å². The van der Waals surface area contributed by atoms with Gasteiger partial charge in [0.15, 0.2) is 0 Å². The first kappa shape index (κ1) is 23.4. The molecule has 3 saturated carbocycles. The van der Waals surface area contributed by atoms with Gasteiger partial charge in [-0.1, -0.05) is 13.8 Å². The molecule has 0 bridgehead atoms. The fourth-order valence-corrected chi connectivity index (χ4v) is 8.53. The molecule has 1 aromatic heterocycles. The molecule has 5 aliphatic rings. The lowest BCUT2D eigenvalue weighted by molar-refractivity contribution is -0.308. The quantitative estimate of drug-likeness (QED) is 0.269. The third-order valence-corrected chi connectivity index (χ3v) is 10.3. The lowest BCUT2D eigenvalue weighted by atomic mass is 9.41. The van der Waals surface area contributed by atoms with E-state index in [4.69, 9.17) is 13.9 Å². The predicted molar refractivity (Wildman–Crippen MR) is 120 cm³/mol. The van der Waals surface area contributed by atoms with Crippen molar-refractivity contribution in [3.05, 3.63) is 46.0 Å². The second kappa shape index (κ2) is 7.04. The number of esters is 1. The van der Waals surface area contributed by atoms with Crippen LogP contribution in [0, 0.1) is 16.7 Å². The van der Waals surface area contributed by atoms with Gasteiger partial charge in [-0.05, 0) is 48.5 Å². The van der Waals surface area contributed by atoms with Crippen molar-refractivity contribution < 1.29 is 39.1 Å². The average Bonchev–Trinajstić information content (AvgIpc) is 3.55. The number of ether oxygens (including phenoxy) is 2. The Bertz CT molecular complexity index is 1160. The molecular formula is C26H32O9.